The fourth-order valence-electron chi connectivity index (χ4n) is 3.47. The number of hydrogen-bond donors (Lipinski definition) is 1. The lowest BCUT2D eigenvalue weighted by Crippen LogP contribution is -2.51. The highest BCUT2D eigenvalue weighted by molar-refractivity contribution is 5.87. The minimum Gasteiger partial charge on any atom is -0.478 e. The van der Waals surface area contributed by atoms with Crippen LogP contribution in [0.1, 0.15) is 48.0 Å². The molecule has 1 heterocycles. The van der Waals surface area contributed by atoms with Gasteiger partial charge in [0, 0.05) is 19.2 Å². The average Bonchev–Trinajstić information content (AvgIpc) is 2.46. The zero-order chi connectivity index (χ0) is 14.9. The van der Waals surface area contributed by atoms with Gasteiger partial charge in [-0.05, 0) is 56.8 Å². The number of nitrogens with zero attached hydrogens (tertiary/aromatic N) is 1. The molecule has 1 saturated heterocycles. The molecule has 2 fully saturated rings. The highest BCUT2D eigenvalue weighted by Gasteiger charge is 2.43. The van der Waals surface area contributed by atoms with Crippen LogP contribution in [0.5, 0.6) is 0 Å². The molecule has 0 bridgehead atoms. The SMILES string of the molecule is CN(Cc1ccc(C(=O)O)cc1)C1CCOC2(CCC2)C1. The monoisotopic (exact) mass is 289 g/mol. The Morgan fingerprint density at radius 1 is 1.38 bits per heavy atom. The Hall–Kier alpha value is -1.39. The van der Waals surface area contributed by atoms with Gasteiger partial charge in [0.25, 0.3) is 0 Å². The Morgan fingerprint density at radius 3 is 2.67 bits per heavy atom. The van der Waals surface area contributed by atoms with Crippen LogP contribution in [0.3, 0.4) is 0 Å². The maximum atomic E-state index is 10.9. The molecule has 3 rings (SSSR count). The minimum absolute atomic E-state index is 0.171. The first-order valence-electron chi connectivity index (χ1n) is 7.74. The van der Waals surface area contributed by atoms with E-state index in [0.29, 0.717) is 11.6 Å². The van der Waals surface area contributed by atoms with Crippen molar-refractivity contribution in [1.29, 1.82) is 0 Å². The number of carboxylic acids is 1. The maximum absolute atomic E-state index is 10.9. The average molecular weight is 289 g/mol. The van der Waals surface area contributed by atoms with Gasteiger partial charge < -0.3 is 9.84 Å². The predicted octanol–water partition coefficient (Wildman–Crippen LogP) is 2.92. The van der Waals surface area contributed by atoms with Crippen molar-refractivity contribution < 1.29 is 14.6 Å². The predicted molar refractivity (Wildman–Crippen MR) is 80.4 cm³/mol. The molecule has 4 nitrogen and oxygen atoms in total. The van der Waals surface area contributed by atoms with Crippen molar-refractivity contribution in [2.24, 2.45) is 0 Å². The molecule has 2 aliphatic rings. The molecule has 1 aliphatic heterocycles. The lowest BCUT2D eigenvalue weighted by molar-refractivity contribution is -0.147. The minimum atomic E-state index is -0.869. The number of benzene rings is 1. The molecule has 0 aromatic heterocycles. The van der Waals surface area contributed by atoms with E-state index in [1.807, 2.05) is 12.1 Å². The van der Waals surface area contributed by atoms with Crippen LogP contribution in [0, 0.1) is 0 Å². The van der Waals surface area contributed by atoms with Gasteiger partial charge in [-0.25, -0.2) is 4.79 Å². The van der Waals surface area contributed by atoms with Gasteiger partial charge in [0.2, 0.25) is 0 Å². The Kier molecular flexibility index (Phi) is 4.00. The van der Waals surface area contributed by atoms with Crippen LogP contribution < -0.4 is 0 Å². The van der Waals surface area contributed by atoms with E-state index in [4.69, 9.17) is 9.84 Å². The Bertz CT molecular complexity index is 507. The van der Waals surface area contributed by atoms with E-state index >= 15 is 0 Å². The quantitative estimate of drug-likeness (QED) is 0.926. The first-order chi connectivity index (χ1) is 10.1. The van der Waals surface area contributed by atoms with Crippen LogP contribution in [-0.4, -0.2) is 41.3 Å². The second-order valence-corrected chi connectivity index (χ2v) is 6.45. The summed E-state index contributed by atoms with van der Waals surface area (Å²) in [5, 5.41) is 8.93. The standard InChI is InChI=1S/C17H23NO3/c1-18(12-13-3-5-14(6-4-13)16(19)20)15-7-10-21-17(11-15)8-2-9-17/h3-6,15H,2,7-12H2,1H3,(H,19,20). The van der Waals surface area contributed by atoms with E-state index < -0.39 is 5.97 Å². The van der Waals surface area contributed by atoms with Crippen molar-refractivity contribution >= 4 is 5.97 Å². The highest BCUT2D eigenvalue weighted by atomic mass is 16.5. The number of hydrogen-bond acceptors (Lipinski definition) is 3. The van der Waals surface area contributed by atoms with Crippen molar-refractivity contribution in [1.82, 2.24) is 4.90 Å². The van der Waals surface area contributed by atoms with Gasteiger partial charge in [-0.2, -0.15) is 0 Å². The summed E-state index contributed by atoms with van der Waals surface area (Å²) in [6.45, 7) is 1.73. The number of carboxylic acid groups (broad SMARTS) is 1. The summed E-state index contributed by atoms with van der Waals surface area (Å²) in [4.78, 5) is 13.3. The molecule has 1 unspecified atom stereocenters. The lowest BCUT2D eigenvalue weighted by atomic mass is 9.73. The summed E-state index contributed by atoms with van der Waals surface area (Å²) < 4.78 is 5.98. The third-order valence-electron chi connectivity index (χ3n) is 4.99. The molecule has 114 valence electrons. The summed E-state index contributed by atoms with van der Waals surface area (Å²) in [5.41, 5.74) is 1.68. The molecule has 21 heavy (non-hydrogen) atoms. The molecule has 1 aromatic carbocycles. The molecule has 1 atom stereocenters. The summed E-state index contributed by atoms with van der Waals surface area (Å²) >= 11 is 0. The van der Waals surface area contributed by atoms with Crippen molar-refractivity contribution in [3.8, 4) is 0 Å². The highest BCUT2D eigenvalue weighted by Crippen LogP contribution is 2.43. The zero-order valence-corrected chi connectivity index (χ0v) is 12.5. The van der Waals surface area contributed by atoms with Crippen LogP contribution in [0.4, 0.5) is 0 Å². The summed E-state index contributed by atoms with van der Waals surface area (Å²) in [6, 6.07) is 7.76. The lowest BCUT2D eigenvalue weighted by Gasteiger charge is -2.49. The smallest absolute Gasteiger partial charge is 0.335 e. The van der Waals surface area contributed by atoms with Gasteiger partial charge in [-0.15, -0.1) is 0 Å². The Balaban J connectivity index is 1.60. The van der Waals surface area contributed by atoms with E-state index in [0.717, 1.165) is 31.6 Å². The van der Waals surface area contributed by atoms with E-state index in [1.165, 1.54) is 19.3 Å². The van der Waals surface area contributed by atoms with E-state index in [9.17, 15) is 4.79 Å². The van der Waals surface area contributed by atoms with E-state index in [1.54, 1.807) is 12.1 Å². The molecular formula is C17H23NO3. The Morgan fingerprint density at radius 2 is 2.10 bits per heavy atom. The van der Waals surface area contributed by atoms with E-state index in [2.05, 4.69) is 11.9 Å². The summed E-state index contributed by atoms with van der Waals surface area (Å²) in [5.74, 6) is -0.869. The number of ether oxygens (including phenoxy) is 1. The molecule has 1 aliphatic carbocycles. The molecule has 0 amide bonds. The molecule has 1 saturated carbocycles. The van der Waals surface area contributed by atoms with Gasteiger partial charge in [0.1, 0.15) is 0 Å². The van der Waals surface area contributed by atoms with Crippen LogP contribution in [0.15, 0.2) is 24.3 Å². The molecule has 1 spiro atoms. The zero-order valence-electron chi connectivity index (χ0n) is 12.5. The second-order valence-electron chi connectivity index (χ2n) is 6.45. The van der Waals surface area contributed by atoms with E-state index in [-0.39, 0.29) is 5.60 Å². The fourth-order valence-corrected chi connectivity index (χ4v) is 3.47. The van der Waals surface area contributed by atoms with Crippen LogP contribution in [0.25, 0.3) is 0 Å². The van der Waals surface area contributed by atoms with Gasteiger partial charge >= 0.3 is 5.97 Å². The largest absolute Gasteiger partial charge is 0.478 e. The van der Waals surface area contributed by atoms with Crippen molar-refractivity contribution in [3.63, 3.8) is 0 Å². The fraction of sp³-hybridized carbons (Fsp3) is 0.588. The van der Waals surface area contributed by atoms with Crippen LogP contribution in [-0.2, 0) is 11.3 Å². The third kappa shape index (κ3) is 3.11. The van der Waals surface area contributed by atoms with Gasteiger partial charge in [0.15, 0.2) is 0 Å². The van der Waals surface area contributed by atoms with Crippen LogP contribution in [0.2, 0.25) is 0 Å². The molecule has 1 aromatic rings. The molecule has 1 N–H and O–H groups in total. The van der Waals surface area contributed by atoms with Gasteiger partial charge in [0.05, 0.1) is 11.2 Å². The first kappa shape index (κ1) is 14.5. The van der Waals surface area contributed by atoms with Crippen molar-refractivity contribution in [3.05, 3.63) is 35.4 Å². The first-order valence-corrected chi connectivity index (χ1v) is 7.74. The van der Waals surface area contributed by atoms with Crippen molar-refractivity contribution in [2.75, 3.05) is 13.7 Å². The molecular weight excluding hydrogens is 266 g/mol. The molecule has 4 heteroatoms. The van der Waals surface area contributed by atoms with Gasteiger partial charge in [-0.1, -0.05) is 12.1 Å². The van der Waals surface area contributed by atoms with Gasteiger partial charge in [-0.3, -0.25) is 4.90 Å². The topological polar surface area (TPSA) is 49.8 Å². The third-order valence-corrected chi connectivity index (χ3v) is 4.99. The van der Waals surface area contributed by atoms with Crippen LogP contribution >= 0.6 is 0 Å². The number of rotatable bonds is 4. The Labute approximate surface area is 125 Å². The van der Waals surface area contributed by atoms with Crippen molar-refractivity contribution in [2.45, 2.75) is 50.3 Å². The number of carbonyl (C=O) groups is 1. The number of aromatic carboxylic acids is 1. The maximum Gasteiger partial charge on any atom is 0.335 e. The normalized spacial score (nSPS) is 24.0. The molecule has 0 radical (unpaired) electrons. The summed E-state index contributed by atoms with van der Waals surface area (Å²) in [6.07, 6.45) is 5.95. The summed E-state index contributed by atoms with van der Waals surface area (Å²) in [7, 11) is 2.16. The second kappa shape index (κ2) is 5.78.